The molecule has 3 aromatic carbocycles. The fourth-order valence-corrected chi connectivity index (χ4v) is 5.87. The van der Waals surface area contributed by atoms with Crippen molar-refractivity contribution in [1.29, 1.82) is 0 Å². The molecule has 8 heteroatoms. The fourth-order valence-electron chi connectivity index (χ4n) is 4.65. The SMILES string of the molecule is O=C(OC[C@H]1CCCNC1)[C@@H](Cc1c[nH]c2ccccc12)NS(=O)(=O)c1ccc2ccccc2c1. The van der Waals surface area contributed by atoms with Crippen LogP contribution in [0.25, 0.3) is 21.7 Å². The van der Waals surface area contributed by atoms with Gasteiger partial charge in [-0.2, -0.15) is 4.72 Å². The summed E-state index contributed by atoms with van der Waals surface area (Å²) < 4.78 is 35.0. The molecule has 35 heavy (non-hydrogen) atoms. The lowest BCUT2D eigenvalue weighted by molar-refractivity contribution is -0.147. The van der Waals surface area contributed by atoms with Crippen LogP contribution in [0, 0.1) is 5.92 Å². The van der Waals surface area contributed by atoms with Crippen molar-refractivity contribution in [3.05, 3.63) is 78.5 Å². The van der Waals surface area contributed by atoms with Gasteiger partial charge in [0.2, 0.25) is 10.0 Å². The predicted molar refractivity (Wildman–Crippen MR) is 137 cm³/mol. The fraction of sp³-hybridized carbons (Fsp3) is 0.296. The highest BCUT2D eigenvalue weighted by Crippen LogP contribution is 2.22. The molecule has 3 N–H and O–H groups in total. The van der Waals surface area contributed by atoms with E-state index >= 15 is 0 Å². The molecule has 7 nitrogen and oxygen atoms in total. The molecule has 1 fully saturated rings. The number of rotatable bonds is 8. The highest BCUT2D eigenvalue weighted by Gasteiger charge is 2.29. The Labute approximate surface area is 204 Å². The summed E-state index contributed by atoms with van der Waals surface area (Å²) in [7, 11) is -3.97. The van der Waals surface area contributed by atoms with Crippen molar-refractivity contribution in [2.75, 3.05) is 19.7 Å². The van der Waals surface area contributed by atoms with Gasteiger partial charge in [-0.25, -0.2) is 8.42 Å². The number of carbonyl (C=O) groups excluding carboxylic acids is 1. The van der Waals surface area contributed by atoms with Gasteiger partial charge in [-0.05, 0) is 53.9 Å². The lowest BCUT2D eigenvalue weighted by Gasteiger charge is -2.24. The minimum absolute atomic E-state index is 0.115. The minimum atomic E-state index is -3.97. The van der Waals surface area contributed by atoms with Gasteiger partial charge in [0, 0.05) is 36.0 Å². The first-order chi connectivity index (χ1) is 17.0. The molecule has 1 saturated heterocycles. The summed E-state index contributed by atoms with van der Waals surface area (Å²) >= 11 is 0. The van der Waals surface area contributed by atoms with E-state index in [9.17, 15) is 13.2 Å². The van der Waals surface area contributed by atoms with Crippen molar-refractivity contribution in [2.45, 2.75) is 30.2 Å². The molecule has 4 aromatic rings. The molecule has 0 bridgehead atoms. The van der Waals surface area contributed by atoms with E-state index in [1.54, 1.807) is 18.2 Å². The summed E-state index contributed by atoms with van der Waals surface area (Å²) in [6.45, 7) is 2.04. The maximum absolute atomic E-state index is 13.4. The average Bonchev–Trinajstić information content (AvgIpc) is 3.30. The Hall–Kier alpha value is -3.20. The highest BCUT2D eigenvalue weighted by atomic mass is 32.2. The van der Waals surface area contributed by atoms with Gasteiger partial charge in [0.1, 0.15) is 6.04 Å². The van der Waals surface area contributed by atoms with Crippen LogP contribution in [-0.2, 0) is 26.0 Å². The van der Waals surface area contributed by atoms with Crippen molar-refractivity contribution >= 4 is 37.7 Å². The van der Waals surface area contributed by atoms with Gasteiger partial charge >= 0.3 is 5.97 Å². The van der Waals surface area contributed by atoms with Crippen molar-refractivity contribution in [3.8, 4) is 0 Å². The summed E-state index contributed by atoms with van der Waals surface area (Å²) in [4.78, 5) is 16.5. The topological polar surface area (TPSA) is 100 Å². The van der Waals surface area contributed by atoms with Crippen LogP contribution in [0.4, 0.5) is 0 Å². The quantitative estimate of drug-likeness (QED) is 0.326. The first kappa shape index (κ1) is 23.5. The molecule has 0 unspecified atom stereocenters. The van der Waals surface area contributed by atoms with Crippen LogP contribution < -0.4 is 10.0 Å². The van der Waals surface area contributed by atoms with Crippen molar-refractivity contribution < 1.29 is 17.9 Å². The van der Waals surface area contributed by atoms with Gasteiger partial charge in [-0.1, -0.05) is 48.5 Å². The Morgan fingerprint density at radius 1 is 1.06 bits per heavy atom. The van der Waals surface area contributed by atoms with Crippen LogP contribution >= 0.6 is 0 Å². The van der Waals surface area contributed by atoms with E-state index < -0.39 is 22.0 Å². The third-order valence-electron chi connectivity index (χ3n) is 6.57. The van der Waals surface area contributed by atoms with E-state index in [0.717, 1.165) is 53.2 Å². The summed E-state index contributed by atoms with van der Waals surface area (Å²) in [5.41, 5.74) is 1.78. The van der Waals surface area contributed by atoms with Gasteiger partial charge < -0.3 is 15.0 Å². The highest BCUT2D eigenvalue weighted by molar-refractivity contribution is 7.89. The Kier molecular flexibility index (Phi) is 6.86. The molecule has 2 heterocycles. The molecule has 0 saturated carbocycles. The summed E-state index contributed by atoms with van der Waals surface area (Å²) in [6, 6.07) is 19.2. The van der Waals surface area contributed by atoms with Crippen LogP contribution in [-0.4, -0.2) is 45.1 Å². The zero-order valence-electron chi connectivity index (χ0n) is 19.4. The number of fused-ring (bicyclic) bond motifs is 2. The number of piperidine rings is 1. The molecular weight excluding hydrogens is 462 g/mol. The molecule has 0 spiro atoms. The molecule has 0 amide bonds. The van der Waals surface area contributed by atoms with Crippen LogP contribution in [0.5, 0.6) is 0 Å². The number of benzene rings is 3. The maximum atomic E-state index is 13.4. The number of nitrogens with one attached hydrogen (secondary N) is 3. The van der Waals surface area contributed by atoms with E-state index in [0.29, 0.717) is 0 Å². The molecule has 5 rings (SSSR count). The summed E-state index contributed by atoms with van der Waals surface area (Å²) in [6.07, 6.45) is 4.02. The Morgan fingerprint density at radius 3 is 2.69 bits per heavy atom. The van der Waals surface area contributed by atoms with Crippen LogP contribution in [0.1, 0.15) is 18.4 Å². The maximum Gasteiger partial charge on any atom is 0.324 e. The third kappa shape index (κ3) is 5.40. The molecule has 1 aliphatic heterocycles. The van der Waals surface area contributed by atoms with Gasteiger partial charge in [-0.3, -0.25) is 4.79 Å². The van der Waals surface area contributed by atoms with Crippen LogP contribution in [0.15, 0.2) is 77.8 Å². The van der Waals surface area contributed by atoms with E-state index in [4.69, 9.17) is 4.74 Å². The molecule has 0 radical (unpaired) electrons. The Bertz CT molecular complexity index is 1440. The number of hydrogen-bond acceptors (Lipinski definition) is 5. The minimum Gasteiger partial charge on any atom is -0.464 e. The molecule has 1 aromatic heterocycles. The normalized spacial score (nSPS) is 17.4. The monoisotopic (exact) mass is 491 g/mol. The Balaban J connectivity index is 1.40. The molecule has 182 valence electrons. The van der Waals surface area contributed by atoms with Crippen LogP contribution in [0.2, 0.25) is 0 Å². The lowest BCUT2D eigenvalue weighted by Crippen LogP contribution is -2.44. The average molecular weight is 492 g/mol. The number of aromatic amines is 1. The predicted octanol–water partition coefficient (Wildman–Crippen LogP) is 3.75. The number of para-hydroxylation sites is 1. The third-order valence-corrected chi connectivity index (χ3v) is 8.04. The van der Waals surface area contributed by atoms with E-state index in [-0.39, 0.29) is 23.8 Å². The number of ether oxygens (including phenoxy) is 1. The number of aromatic nitrogens is 1. The van der Waals surface area contributed by atoms with Crippen molar-refractivity contribution in [2.24, 2.45) is 5.92 Å². The van der Waals surface area contributed by atoms with E-state index in [2.05, 4.69) is 15.0 Å². The van der Waals surface area contributed by atoms with E-state index in [1.807, 2.05) is 54.7 Å². The zero-order chi connectivity index (χ0) is 24.3. The smallest absolute Gasteiger partial charge is 0.324 e. The molecule has 1 aliphatic rings. The Morgan fingerprint density at radius 2 is 1.86 bits per heavy atom. The zero-order valence-corrected chi connectivity index (χ0v) is 20.2. The van der Waals surface area contributed by atoms with Gasteiger partial charge in [-0.15, -0.1) is 0 Å². The summed E-state index contributed by atoms with van der Waals surface area (Å²) in [5, 5.41) is 6.02. The first-order valence-electron chi connectivity index (χ1n) is 11.9. The van der Waals surface area contributed by atoms with Gasteiger partial charge in [0.05, 0.1) is 11.5 Å². The number of hydrogen-bond donors (Lipinski definition) is 3. The lowest BCUT2D eigenvalue weighted by atomic mass is 10.0. The number of carbonyl (C=O) groups is 1. The second-order valence-electron chi connectivity index (χ2n) is 9.09. The van der Waals surface area contributed by atoms with Gasteiger partial charge in [0.15, 0.2) is 0 Å². The van der Waals surface area contributed by atoms with Crippen molar-refractivity contribution in [3.63, 3.8) is 0 Å². The standard InChI is InChI=1S/C27H29N3O4S/c31-27(34-18-19-6-5-13-28-16-19)26(15-22-17-29-25-10-4-3-9-24(22)25)30-35(32,33)23-12-11-20-7-1-2-8-21(20)14-23/h1-4,7-12,14,17,19,26,28-30H,5-6,13,15-16,18H2/t19-,26+/m0/s1. The first-order valence-corrected chi connectivity index (χ1v) is 13.4. The number of esters is 1. The molecule has 0 aliphatic carbocycles. The van der Waals surface area contributed by atoms with E-state index in [1.165, 1.54) is 0 Å². The van der Waals surface area contributed by atoms with Gasteiger partial charge in [0.25, 0.3) is 0 Å². The van der Waals surface area contributed by atoms with Crippen LogP contribution in [0.3, 0.4) is 0 Å². The second kappa shape index (κ2) is 10.2. The largest absolute Gasteiger partial charge is 0.464 e. The summed E-state index contributed by atoms with van der Waals surface area (Å²) in [5.74, 6) is -0.330. The molecule has 2 atom stereocenters. The van der Waals surface area contributed by atoms with Crippen molar-refractivity contribution in [1.82, 2.24) is 15.0 Å². The molecular formula is C27H29N3O4S. The number of sulfonamides is 1. The second-order valence-corrected chi connectivity index (χ2v) is 10.8. The number of H-pyrrole nitrogens is 1.